The van der Waals surface area contributed by atoms with Crippen LogP contribution in [0.5, 0.6) is 0 Å². The topological polar surface area (TPSA) is 116 Å². The van der Waals surface area contributed by atoms with Crippen LogP contribution in [0.2, 0.25) is 0 Å². The van der Waals surface area contributed by atoms with E-state index in [1.54, 1.807) is 20.8 Å². The first-order valence-corrected chi connectivity index (χ1v) is 3.52. The molecule has 5 nitrogen and oxygen atoms in total. The van der Waals surface area contributed by atoms with Crippen molar-refractivity contribution in [3.05, 3.63) is 0 Å². The summed E-state index contributed by atoms with van der Waals surface area (Å²) in [5.41, 5.74) is 0. The number of hydrogen-bond acceptors (Lipinski definition) is 5. The van der Waals surface area contributed by atoms with Crippen molar-refractivity contribution >= 4 is 0 Å². The Morgan fingerprint density at radius 3 is 0.667 bits per heavy atom. The first-order chi connectivity index (χ1) is 5.24. The van der Waals surface area contributed by atoms with Crippen molar-refractivity contribution in [3.63, 3.8) is 0 Å². The molecule has 0 saturated carbocycles. The van der Waals surface area contributed by atoms with Crippen molar-refractivity contribution in [3.8, 4) is 0 Å². The predicted octanol–water partition coefficient (Wildman–Crippen LogP) is -0.234. The summed E-state index contributed by atoms with van der Waals surface area (Å²) < 4.78 is 0. The van der Waals surface area contributed by atoms with Crippen LogP contribution in [0.15, 0.2) is 0 Å². The van der Waals surface area contributed by atoms with Gasteiger partial charge < -0.3 is 26.6 Å². The van der Waals surface area contributed by atoms with Gasteiger partial charge in [0.25, 0.3) is 0 Å². The lowest BCUT2D eigenvalue weighted by Crippen LogP contribution is -1.57. The van der Waals surface area contributed by atoms with E-state index in [0.29, 0.717) is 0 Å². The summed E-state index contributed by atoms with van der Waals surface area (Å²) in [6.07, 6.45) is 0. The lowest BCUT2D eigenvalue weighted by molar-refractivity contribution is 0.318. The van der Waals surface area contributed by atoms with E-state index >= 15 is 0 Å². The molecular formula is C7H25NO4. The summed E-state index contributed by atoms with van der Waals surface area (Å²) >= 11 is 0. The Hall–Kier alpha value is -0.200. The Morgan fingerprint density at radius 2 is 0.667 bits per heavy atom. The molecule has 0 aliphatic carbocycles. The van der Waals surface area contributed by atoms with Gasteiger partial charge in [-0.1, -0.05) is 0 Å². The fraction of sp³-hybridized carbons (Fsp3) is 1.00. The number of hydrogen-bond donors (Lipinski definition) is 5. The third-order valence-corrected chi connectivity index (χ3v) is 0. The predicted molar refractivity (Wildman–Crippen MR) is 51.4 cm³/mol. The highest BCUT2D eigenvalue weighted by molar-refractivity contribution is 3.84. The lowest BCUT2D eigenvalue weighted by Gasteiger charge is -1.52. The van der Waals surface area contributed by atoms with Crippen LogP contribution < -0.4 is 6.15 Å². The maximum absolute atomic E-state index is 7.57. The Labute approximate surface area is 75.3 Å². The zero-order valence-electron chi connectivity index (χ0n) is 8.62. The third-order valence-electron chi connectivity index (χ3n) is 0. The van der Waals surface area contributed by atoms with Gasteiger partial charge in [-0.15, -0.1) is 0 Å². The van der Waals surface area contributed by atoms with E-state index in [2.05, 4.69) is 0 Å². The molecular weight excluding hydrogens is 162 g/mol. The fourth-order valence-corrected chi connectivity index (χ4v) is 0. The SMILES string of the molecule is CCO.CCO.CCO.CO.N. The Balaban J connectivity index is -0.0000000179. The molecule has 0 spiro atoms. The average Bonchev–Trinajstić information content (AvgIpc) is 1.96. The maximum Gasteiger partial charge on any atom is 0.0402 e. The van der Waals surface area contributed by atoms with Gasteiger partial charge >= 0.3 is 0 Å². The monoisotopic (exact) mass is 187 g/mol. The minimum Gasteiger partial charge on any atom is -0.400 e. The molecule has 0 heterocycles. The molecule has 0 saturated heterocycles. The van der Waals surface area contributed by atoms with Crippen LogP contribution >= 0.6 is 0 Å². The molecule has 0 atom stereocenters. The van der Waals surface area contributed by atoms with Gasteiger partial charge in [0, 0.05) is 26.9 Å². The van der Waals surface area contributed by atoms with Crippen molar-refractivity contribution < 1.29 is 20.4 Å². The van der Waals surface area contributed by atoms with Gasteiger partial charge in [0.1, 0.15) is 0 Å². The average molecular weight is 187 g/mol. The molecule has 0 amide bonds. The molecule has 0 aliphatic heterocycles. The summed E-state index contributed by atoms with van der Waals surface area (Å²) in [5, 5.41) is 29.7. The van der Waals surface area contributed by atoms with Crippen molar-refractivity contribution in [2.24, 2.45) is 0 Å². The van der Waals surface area contributed by atoms with Crippen molar-refractivity contribution in [2.75, 3.05) is 26.9 Å². The van der Waals surface area contributed by atoms with Gasteiger partial charge in [-0.2, -0.15) is 0 Å². The molecule has 12 heavy (non-hydrogen) atoms. The van der Waals surface area contributed by atoms with Gasteiger partial charge in [-0.25, -0.2) is 0 Å². The van der Waals surface area contributed by atoms with Crippen LogP contribution in [0.25, 0.3) is 0 Å². The minimum atomic E-state index is 0. The lowest BCUT2D eigenvalue weighted by atomic mass is 10.9. The van der Waals surface area contributed by atoms with Crippen molar-refractivity contribution in [2.45, 2.75) is 20.8 Å². The Morgan fingerprint density at radius 1 is 0.667 bits per heavy atom. The molecule has 0 aromatic heterocycles. The van der Waals surface area contributed by atoms with Crippen LogP contribution in [-0.2, 0) is 0 Å². The zero-order chi connectivity index (χ0) is 10.1. The summed E-state index contributed by atoms with van der Waals surface area (Å²) in [6.45, 7) is 5.79. The maximum atomic E-state index is 7.57. The smallest absolute Gasteiger partial charge is 0.0402 e. The van der Waals surface area contributed by atoms with E-state index in [0.717, 1.165) is 7.11 Å². The molecule has 0 aromatic rings. The van der Waals surface area contributed by atoms with Crippen LogP contribution in [0.3, 0.4) is 0 Å². The highest BCUT2D eigenvalue weighted by Crippen LogP contribution is 1.30. The highest BCUT2D eigenvalue weighted by Gasteiger charge is 1.35. The second kappa shape index (κ2) is 132. The van der Waals surface area contributed by atoms with Crippen molar-refractivity contribution in [1.29, 1.82) is 0 Å². The van der Waals surface area contributed by atoms with E-state index in [1.807, 2.05) is 0 Å². The molecule has 0 fully saturated rings. The van der Waals surface area contributed by atoms with Gasteiger partial charge in [0.2, 0.25) is 0 Å². The standard InChI is InChI=1S/3C2H6O.CH4O.H3N/c3*1-2-3;1-2;/h3*3H,2H2,1H3;2H,1H3;1H3. The molecule has 7 N–H and O–H groups in total. The number of aliphatic hydroxyl groups is 4. The quantitative estimate of drug-likeness (QED) is 0.359. The summed E-state index contributed by atoms with van der Waals surface area (Å²) in [6, 6.07) is 0. The van der Waals surface area contributed by atoms with Gasteiger partial charge in [0.15, 0.2) is 0 Å². The third kappa shape index (κ3) is 19000. The van der Waals surface area contributed by atoms with Crippen molar-refractivity contribution in [1.82, 2.24) is 6.15 Å². The molecule has 0 bridgehead atoms. The number of rotatable bonds is 0. The molecule has 0 aliphatic rings. The molecule has 0 rings (SSSR count). The first kappa shape index (κ1) is 29.8. The second-order valence-electron chi connectivity index (χ2n) is 0.949. The summed E-state index contributed by atoms with van der Waals surface area (Å²) in [5.74, 6) is 0. The van der Waals surface area contributed by atoms with Gasteiger partial charge in [-0.05, 0) is 20.8 Å². The van der Waals surface area contributed by atoms with E-state index in [4.69, 9.17) is 20.4 Å². The van der Waals surface area contributed by atoms with Crippen LogP contribution in [-0.4, -0.2) is 47.4 Å². The summed E-state index contributed by atoms with van der Waals surface area (Å²) in [7, 11) is 1.00. The Bertz CT molecular complexity index is 20.1. The van der Waals surface area contributed by atoms with E-state index < -0.39 is 0 Å². The van der Waals surface area contributed by atoms with E-state index in [9.17, 15) is 0 Å². The highest BCUT2D eigenvalue weighted by atomic mass is 16.3. The van der Waals surface area contributed by atoms with Gasteiger partial charge in [-0.3, -0.25) is 0 Å². The number of aliphatic hydroxyl groups excluding tert-OH is 4. The van der Waals surface area contributed by atoms with Gasteiger partial charge in [0.05, 0.1) is 0 Å². The van der Waals surface area contributed by atoms with Crippen LogP contribution in [0.4, 0.5) is 0 Å². The Kier molecular flexibility index (Phi) is 328. The summed E-state index contributed by atoms with van der Waals surface area (Å²) in [4.78, 5) is 0. The molecule has 5 heteroatoms. The molecule has 0 unspecified atom stereocenters. The van der Waals surface area contributed by atoms with E-state index in [-0.39, 0.29) is 26.0 Å². The van der Waals surface area contributed by atoms with Crippen LogP contribution in [0.1, 0.15) is 20.8 Å². The fourth-order valence-electron chi connectivity index (χ4n) is 0. The first-order valence-electron chi connectivity index (χ1n) is 3.52. The minimum absolute atomic E-state index is 0. The normalized spacial score (nSPS) is 5.00. The van der Waals surface area contributed by atoms with E-state index in [1.165, 1.54) is 0 Å². The molecule has 0 aromatic carbocycles. The zero-order valence-corrected chi connectivity index (χ0v) is 8.62. The molecule has 82 valence electrons. The second-order valence-corrected chi connectivity index (χ2v) is 0.949. The largest absolute Gasteiger partial charge is 0.400 e. The van der Waals surface area contributed by atoms with Crippen LogP contribution in [0, 0.1) is 0 Å². The molecule has 0 radical (unpaired) electrons.